The number of amidine groups is 1. The van der Waals surface area contributed by atoms with Crippen molar-refractivity contribution in [1.29, 1.82) is 0 Å². The van der Waals surface area contributed by atoms with E-state index in [1.54, 1.807) is 6.92 Å². The number of hydrogen-bond acceptors (Lipinski definition) is 7. The van der Waals surface area contributed by atoms with Gasteiger partial charge in [-0.3, -0.25) is 4.79 Å². The molecular formula is C26H31N3O4S. The highest BCUT2D eigenvalue weighted by atomic mass is 32.2. The summed E-state index contributed by atoms with van der Waals surface area (Å²) in [5.41, 5.74) is 4.78. The average Bonchev–Trinajstić information content (AvgIpc) is 2.80. The predicted molar refractivity (Wildman–Crippen MR) is 137 cm³/mol. The highest BCUT2D eigenvalue weighted by Gasteiger charge is 2.32. The second kappa shape index (κ2) is 11.7. The molecule has 0 spiro atoms. The molecule has 2 N–H and O–H groups in total. The van der Waals surface area contributed by atoms with Crippen LogP contribution in [0.25, 0.3) is 0 Å². The van der Waals surface area contributed by atoms with Crippen LogP contribution in [-0.4, -0.2) is 36.0 Å². The van der Waals surface area contributed by atoms with Crippen molar-refractivity contribution in [2.45, 2.75) is 40.7 Å². The van der Waals surface area contributed by atoms with Crippen molar-refractivity contribution in [3.8, 4) is 5.75 Å². The van der Waals surface area contributed by atoms with E-state index in [-0.39, 0.29) is 18.3 Å². The second-order valence-corrected chi connectivity index (χ2v) is 8.81. The van der Waals surface area contributed by atoms with E-state index in [0.29, 0.717) is 28.8 Å². The molecule has 1 atom stereocenters. The van der Waals surface area contributed by atoms with Gasteiger partial charge in [0.1, 0.15) is 11.8 Å². The van der Waals surface area contributed by atoms with Crippen molar-refractivity contribution >= 4 is 34.5 Å². The number of rotatable bonds is 8. The van der Waals surface area contributed by atoms with Gasteiger partial charge < -0.3 is 20.1 Å². The van der Waals surface area contributed by atoms with Crippen LogP contribution in [0.1, 0.15) is 43.5 Å². The summed E-state index contributed by atoms with van der Waals surface area (Å²) in [7, 11) is 0. The summed E-state index contributed by atoms with van der Waals surface area (Å²) in [4.78, 5) is 30.2. The number of esters is 1. The fraction of sp³-hybridized carbons (Fsp3) is 0.346. The number of ether oxygens (including phenoxy) is 2. The lowest BCUT2D eigenvalue weighted by Gasteiger charge is -2.26. The number of hydrogen-bond donors (Lipinski definition) is 2. The van der Waals surface area contributed by atoms with Crippen molar-refractivity contribution < 1.29 is 19.1 Å². The SMILES string of the molecule is CCOC(=O)C1=C(C)NC(SCC(=O)Nc2ccc(C)cc2C)=N[C@H]1c1ccccc1OCC. The minimum atomic E-state index is -0.604. The number of carbonyl (C=O) groups excluding carboxylic acids is 2. The molecule has 1 aliphatic heterocycles. The topological polar surface area (TPSA) is 89.0 Å². The average molecular weight is 482 g/mol. The summed E-state index contributed by atoms with van der Waals surface area (Å²) in [5, 5.41) is 6.67. The molecule has 0 aromatic heterocycles. The van der Waals surface area contributed by atoms with Gasteiger partial charge in [-0.2, -0.15) is 0 Å². The molecule has 1 amide bonds. The van der Waals surface area contributed by atoms with E-state index < -0.39 is 12.0 Å². The molecular weight excluding hydrogens is 450 g/mol. The smallest absolute Gasteiger partial charge is 0.338 e. The Hall–Kier alpha value is -3.26. The van der Waals surface area contributed by atoms with Gasteiger partial charge in [-0.25, -0.2) is 9.79 Å². The zero-order valence-corrected chi connectivity index (χ0v) is 21.0. The first-order chi connectivity index (χ1) is 16.3. The van der Waals surface area contributed by atoms with Gasteiger partial charge in [0.25, 0.3) is 0 Å². The third-order valence-corrected chi connectivity index (χ3v) is 6.11. The Labute approximate surface area is 205 Å². The van der Waals surface area contributed by atoms with Crippen LogP contribution in [0, 0.1) is 13.8 Å². The van der Waals surface area contributed by atoms with Gasteiger partial charge in [-0.1, -0.05) is 47.7 Å². The van der Waals surface area contributed by atoms with E-state index in [9.17, 15) is 9.59 Å². The summed E-state index contributed by atoms with van der Waals surface area (Å²) in [5.74, 6) is 0.267. The summed E-state index contributed by atoms with van der Waals surface area (Å²) in [6.45, 7) is 10.2. The van der Waals surface area contributed by atoms with Crippen molar-refractivity contribution in [2.24, 2.45) is 4.99 Å². The van der Waals surface area contributed by atoms with Crippen molar-refractivity contribution in [3.05, 3.63) is 70.4 Å². The van der Waals surface area contributed by atoms with Gasteiger partial charge in [-0.05, 0) is 52.3 Å². The van der Waals surface area contributed by atoms with Crippen LogP contribution in [0.4, 0.5) is 5.69 Å². The molecule has 0 fully saturated rings. The van der Waals surface area contributed by atoms with Crippen LogP contribution in [-0.2, 0) is 14.3 Å². The lowest BCUT2D eigenvalue weighted by atomic mass is 9.96. The zero-order valence-electron chi connectivity index (χ0n) is 20.2. The molecule has 0 radical (unpaired) electrons. The van der Waals surface area contributed by atoms with E-state index in [1.165, 1.54) is 11.8 Å². The molecule has 2 aromatic rings. The summed E-state index contributed by atoms with van der Waals surface area (Å²) >= 11 is 1.28. The molecule has 0 saturated carbocycles. The summed E-state index contributed by atoms with van der Waals surface area (Å²) in [6.07, 6.45) is 0. The van der Waals surface area contributed by atoms with Gasteiger partial charge in [0.15, 0.2) is 5.17 Å². The van der Waals surface area contributed by atoms with Gasteiger partial charge >= 0.3 is 5.97 Å². The van der Waals surface area contributed by atoms with Crippen LogP contribution in [0.3, 0.4) is 0 Å². The highest BCUT2D eigenvalue weighted by Crippen LogP contribution is 2.37. The Kier molecular flexibility index (Phi) is 8.76. The fourth-order valence-electron chi connectivity index (χ4n) is 3.69. The first-order valence-electron chi connectivity index (χ1n) is 11.3. The molecule has 0 bridgehead atoms. The number of thioether (sulfide) groups is 1. The first-order valence-corrected chi connectivity index (χ1v) is 12.3. The Bertz CT molecular complexity index is 1130. The zero-order chi connectivity index (χ0) is 24.7. The molecule has 8 heteroatoms. The predicted octanol–water partition coefficient (Wildman–Crippen LogP) is 4.91. The van der Waals surface area contributed by atoms with Crippen LogP contribution in [0.5, 0.6) is 5.75 Å². The van der Waals surface area contributed by atoms with Crippen LogP contribution >= 0.6 is 11.8 Å². The Morgan fingerprint density at radius 3 is 2.56 bits per heavy atom. The van der Waals surface area contributed by atoms with Gasteiger partial charge in [0, 0.05) is 16.9 Å². The standard InChI is InChI=1S/C26H31N3O4S/c1-6-32-21-11-9-8-10-19(21)24-23(25(31)33-7-2)18(5)27-26(29-24)34-15-22(30)28-20-13-12-16(3)14-17(20)4/h8-14,24H,6-7,15H2,1-5H3,(H,27,29)(H,28,30)/t24-/m0/s1. The number of nitrogens with one attached hydrogen (secondary N) is 2. The van der Waals surface area contributed by atoms with Crippen molar-refractivity contribution in [2.75, 3.05) is 24.3 Å². The van der Waals surface area contributed by atoms with Crippen molar-refractivity contribution in [3.63, 3.8) is 0 Å². The number of para-hydroxylation sites is 1. The maximum absolute atomic E-state index is 12.8. The minimum absolute atomic E-state index is 0.134. The summed E-state index contributed by atoms with van der Waals surface area (Å²) in [6, 6.07) is 12.8. The number of benzene rings is 2. The van der Waals surface area contributed by atoms with Gasteiger partial charge in [0.2, 0.25) is 5.91 Å². The number of aryl methyl sites for hydroxylation is 2. The van der Waals surface area contributed by atoms with Gasteiger partial charge in [-0.15, -0.1) is 0 Å². The number of anilines is 1. The van der Waals surface area contributed by atoms with Gasteiger partial charge in [0.05, 0.1) is 24.5 Å². The van der Waals surface area contributed by atoms with E-state index in [1.807, 2.05) is 70.2 Å². The lowest BCUT2D eigenvalue weighted by Crippen LogP contribution is -2.31. The number of nitrogens with zero attached hydrogens (tertiary/aromatic N) is 1. The van der Waals surface area contributed by atoms with E-state index in [4.69, 9.17) is 14.5 Å². The minimum Gasteiger partial charge on any atom is -0.494 e. The Morgan fingerprint density at radius 1 is 1.09 bits per heavy atom. The fourth-order valence-corrected chi connectivity index (χ4v) is 4.43. The molecule has 3 rings (SSSR count). The molecule has 180 valence electrons. The van der Waals surface area contributed by atoms with Crippen LogP contribution < -0.4 is 15.4 Å². The monoisotopic (exact) mass is 481 g/mol. The van der Waals surface area contributed by atoms with Crippen molar-refractivity contribution in [1.82, 2.24) is 5.32 Å². The Balaban J connectivity index is 1.82. The molecule has 1 aliphatic rings. The lowest BCUT2D eigenvalue weighted by molar-refractivity contribution is -0.139. The third-order valence-electron chi connectivity index (χ3n) is 5.22. The molecule has 0 aliphatic carbocycles. The second-order valence-electron chi connectivity index (χ2n) is 7.85. The normalized spacial score (nSPS) is 15.3. The number of aliphatic imine (C=N–C) groups is 1. The first kappa shape index (κ1) is 25.4. The molecule has 2 aromatic carbocycles. The van der Waals surface area contributed by atoms with E-state index in [0.717, 1.165) is 22.4 Å². The van der Waals surface area contributed by atoms with Crippen LogP contribution in [0.15, 0.2) is 58.7 Å². The molecule has 0 unspecified atom stereocenters. The quantitative estimate of drug-likeness (QED) is 0.521. The Morgan fingerprint density at radius 2 is 1.85 bits per heavy atom. The third kappa shape index (κ3) is 6.20. The summed E-state index contributed by atoms with van der Waals surface area (Å²) < 4.78 is 11.1. The number of allylic oxidation sites excluding steroid dienone is 1. The molecule has 1 heterocycles. The maximum atomic E-state index is 12.8. The maximum Gasteiger partial charge on any atom is 0.338 e. The van der Waals surface area contributed by atoms with Crippen LogP contribution in [0.2, 0.25) is 0 Å². The number of amides is 1. The van der Waals surface area contributed by atoms with E-state index in [2.05, 4.69) is 10.6 Å². The number of carbonyl (C=O) groups is 2. The molecule has 0 saturated heterocycles. The molecule has 7 nitrogen and oxygen atoms in total. The van der Waals surface area contributed by atoms with E-state index >= 15 is 0 Å². The molecule has 34 heavy (non-hydrogen) atoms. The largest absolute Gasteiger partial charge is 0.494 e. The highest BCUT2D eigenvalue weighted by molar-refractivity contribution is 8.14.